The van der Waals surface area contributed by atoms with E-state index in [4.69, 9.17) is 9.47 Å². The average Bonchev–Trinajstić information content (AvgIpc) is 2.70. The van der Waals surface area contributed by atoms with Gasteiger partial charge in [-0.05, 0) is 12.5 Å². The Hall–Kier alpha value is -1.24. The van der Waals surface area contributed by atoms with E-state index in [2.05, 4.69) is 20.6 Å². The van der Waals surface area contributed by atoms with Gasteiger partial charge in [0.15, 0.2) is 0 Å². The first-order chi connectivity index (χ1) is 9.36. The Morgan fingerprint density at radius 1 is 1.42 bits per heavy atom. The molecule has 0 saturated carbocycles. The molecule has 2 fully saturated rings. The molecule has 0 bridgehead atoms. The van der Waals surface area contributed by atoms with Crippen LogP contribution in [0.15, 0.2) is 18.5 Å². The number of ether oxygens (including phenoxy) is 2. The number of nitrogens with one attached hydrogen (secondary N) is 2. The number of anilines is 1. The van der Waals surface area contributed by atoms with Crippen molar-refractivity contribution in [1.82, 2.24) is 15.3 Å². The number of hydrogen-bond donors (Lipinski definition) is 2. The summed E-state index contributed by atoms with van der Waals surface area (Å²) in [5.74, 6) is 1.16. The SMILES string of the molecule is c1cnc(NC[C@@H]2CO[C@]3(CNCCOC3)C2)nc1. The van der Waals surface area contributed by atoms with Crippen molar-refractivity contribution in [3.63, 3.8) is 0 Å². The highest BCUT2D eigenvalue weighted by Crippen LogP contribution is 2.30. The van der Waals surface area contributed by atoms with Crippen LogP contribution in [0.2, 0.25) is 0 Å². The molecule has 2 atom stereocenters. The maximum Gasteiger partial charge on any atom is 0.222 e. The zero-order chi connectivity index (χ0) is 13.0. The lowest BCUT2D eigenvalue weighted by molar-refractivity contribution is -0.0471. The predicted molar refractivity (Wildman–Crippen MR) is 71.0 cm³/mol. The Kier molecular flexibility index (Phi) is 3.91. The van der Waals surface area contributed by atoms with Gasteiger partial charge in [0.25, 0.3) is 0 Å². The lowest BCUT2D eigenvalue weighted by Gasteiger charge is -2.25. The summed E-state index contributed by atoms with van der Waals surface area (Å²) in [5, 5.41) is 6.64. The highest BCUT2D eigenvalue weighted by molar-refractivity contribution is 5.22. The van der Waals surface area contributed by atoms with Crippen LogP contribution in [-0.2, 0) is 9.47 Å². The van der Waals surface area contributed by atoms with E-state index in [1.54, 1.807) is 12.4 Å². The molecule has 1 aromatic rings. The molecule has 1 aromatic heterocycles. The molecule has 3 heterocycles. The van der Waals surface area contributed by atoms with Gasteiger partial charge in [0, 0.05) is 37.9 Å². The quantitative estimate of drug-likeness (QED) is 0.817. The van der Waals surface area contributed by atoms with Crippen LogP contribution in [0.4, 0.5) is 5.95 Å². The fraction of sp³-hybridized carbons (Fsp3) is 0.692. The fourth-order valence-corrected chi connectivity index (χ4v) is 2.69. The molecule has 2 N–H and O–H groups in total. The van der Waals surface area contributed by atoms with Gasteiger partial charge >= 0.3 is 0 Å². The van der Waals surface area contributed by atoms with Crippen molar-refractivity contribution in [2.45, 2.75) is 12.0 Å². The number of hydrogen-bond acceptors (Lipinski definition) is 6. The third-order valence-corrected chi connectivity index (χ3v) is 3.64. The molecule has 2 aliphatic heterocycles. The van der Waals surface area contributed by atoms with E-state index in [0.29, 0.717) is 18.5 Å². The van der Waals surface area contributed by atoms with E-state index in [9.17, 15) is 0 Å². The molecule has 0 radical (unpaired) electrons. The summed E-state index contributed by atoms with van der Waals surface area (Å²) < 4.78 is 11.6. The molecule has 6 heteroatoms. The second kappa shape index (κ2) is 5.81. The number of aromatic nitrogens is 2. The molecule has 0 aromatic carbocycles. The first kappa shape index (κ1) is 12.8. The lowest BCUT2D eigenvalue weighted by atomic mass is 9.95. The summed E-state index contributed by atoms with van der Waals surface area (Å²) in [6.07, 6.45) is 4.50. The second-order valence-corrected chi connectivity index (χ2v) is 5.25. The normalized spacial score (nSPS) is 31.3. The molecular weight excluding hydrogens is 244 g/mol. The highest BCUT2D eigenvalue weighted by atomic mass is 16.5. The molecule has 3 rings (SSSR count). The van der Waals surface area contributed by atoms with Crippen LogP contribution >= 0.6 is 0 Å². The Morgan fingerprint density at radius 3 is 3.21 bits per heavy atom. The molecule has 19 heavy (non-hydrogen) atoms. The Balaban J connectivity index is 1.51. The minimum atomic E-state index is -0.139. The van der Waals surface area contributed by atoms with Crippen LogP contribution in [-0.4, -0.2) is 55.0 Å². The molecular formula is C13H20N4O2. The topological polar surface area (TPSA) is 68.3 Å². The van der Waals surface area contributed by atoms with Gasteiger partial charge in [0.2, 0.25) is 5.95 Å². The Morgan fingerprint density at radius 2 is 2.32 bits per heavy atom. The standard InChI is InChI=1S/C13H20N4O2/c1-2-15-12(16-3-1)17-7-11-6-13(19-8-11)9-14-4-5-18-10-13/h1-3,11,14H,4-10H2,(H,15,16,17)/t11-,13+/m1/s1. The van der Waals surface area contributed by atoms with Crippen LogP contribution in [0.5, 0.6) is 0 Å². The molecule has 6 nitrogen and oxygen atoms in total. The summed E-state index contributed by atoms with van der Waals surface area (Å²) in [7, 11) is 0. The van der Waals surface area contributed by atoms with Crippen molar-refractivity contribution in [1.29, 1.82) is 0 Å². The van der Waals surface area contributed by atoms with Crippen LogP contribution in [0.1, 0.15) is 6.42 Å². The van der Waals surface area contributed by atoms with Gasteiger partial charge in [0.1, 0.15) is 5.60 Å². The highest BCUT2D eigenvalue weighted by Gasteiger charge is 2.41. The summed E-state index contributed by atoms with van der Waals surface area (Å²) in [4.78, 5) is 8.32. The smallest absolute Gasteiger partial charge is 0.222 e. The van der Waals surface area contributed by atoms with Crippen molar-refractivity contribution >= 4 is 5.95 Å². The molecule has 104 valence electrons. The summed E-state index contributed by atoms with van der Waals surface area (Å²) >= 11 is 0. The van der Waals surface area contributed by atoms with Crippen LogP contribution in [0, 0.1) is 5.92 Å². The minimum absolute atomic E-state index is 0.139. The summed E-state index contributed by atoms with van der Waals surface area (Å²) in [6.45, 7) is 4.86. The van der Waals surface area contributed by atoms with Crippen molar-refractivity contribution in [3.05, 3.63) is 18.5 Å². The summed E-state index contributed by atoms with van der Waals surface area (Å²) in [5.41, 5.74) is -0.139. The first-order valence-electron chi connectivity index (χ1n) is 6.80. The Labute approximate surface area is 112 Å². The molecule has 0 unspecified atom stereocenters. The first-order valence-corrected chi connectivity index (χ1v) is 6.80. The maximum absolute atomic E-state index is 5.99. The molecule has 2 saturated heterocycles. The predicted octanol–water partition coefficient (Wildman–Crippen LogP) is 0.284. The van der Waals surface area contributed by atoms with Gasteiger partial charge in [-0.1, -0.05) is 0 Å². The van der Waals surface area contributed by atoms with Crippen LogP contribution in [0.25, 0.3) is 0 Å². The zero-order valence-corrected chi connectivity index (χ0v) is 11.0. The van der Waals surface area contributed by atoms with E-state index in [0.717, 1.165) is 39.3 Å². The van der Waals surface area contributed by atoms with E-state index >= 15 is 0 Å². The van der Waals surface area contributed by atoms with E-state index in [1.165, 1.54) is 0 Å². The van der Waals surface area contributed by atoms with Crippen molar-refractivity contribution in [3.8, 4) is 0 Å². The van der Waals surface area contributed by atoms with Crippen LogP contribution < -0.4 is 10.6 Å². The van der Waals surface area contributed by atoms with Gasteiger partial charge < -0.3 is 20.1 Å². The molecule has 0 amide bonds. The maximum atomic E-state index is 5.99. The third-order valence-electron chi connectivity index (χ3n) is 3.64. The number of rotatable bonds is 3. The zero-order valence-electron chi connectivity index (χ0n) is 11.0. The second-order valence-electron chi connectivity index (χ2n) is 5.25. The largest absolute Gasteiger partial charge is 0.377 e. The minimum Gasteiger partial charge on any atom is -0.377 e. The van der Waals surface area contributed by atoms with E-state index in [-0.39, 0.29) is 5.60 Å². The monoisotopic (exact) mass is 264 g/mol. The average molecular weight is 264 g/mol. The number of nitrogens with zero attached hydrogens (tertiary/aromatic N) is 2. The lowest BCUT2D eigenvalue weighted by Crippen LogP contribution is -2.42. The van der Waals surface area contributed by atoms with Gasteiger partial charge in [-0.2, -0.15) is 0 Å². The molecule has 2 aliphatic rings. The van der Waals surface area contributed by atoms with Gasteiger partial charge in [-0.25, -0.2) is 9.97 Å². The third kappa shape index (κ3) is 3.20. The van der Waals surface area contributed by atoms with Gasteiger partial charge in [-0.3, -0.25) is 0 Å². The molecule has 1 spiro atoms. The fourth-order valence-electron chi connectivity index (χ4n) is 2.69. The van der Waals surface area contributed by atoms with E-state index in [1.807, 2.05) is 6.07 Å². The van der Waals surface area contributed by atoms with Crippen molar-refractivity contribution in [2.75, 3.05) is 44.8 Å². The van der Waals surface area contributed by atoms with E-state index < -0.39 is 0 Å². The van der Waals surface area contributed by atoms with Crippen molar-refractivity contribution in [2.24, 2.45) is 5.92 Å². The van der Waals surface area contributed by atoms with Crippen molar-refractivity contribution < 1.29 is 9.47 Å². The molecule has 0 aliphatic carbocycles. The summed E-state index contributed by atoms with van der Waals surface area (Å²) in [6, 6.07) is 1.81. The van der Waals surface area contributed by atoms with Gasteiger partial charge in [0.05, 0.1) is 19.8 Å². The Bertz CT molecular complexity index is 393. The van der Waals surface area contributed by atoms with Gasteiger partial charge in [-0.15, -0.1) is 0 Å². The van der Waals surface area contributed by atoms with Crippen LogP contribution in [0.3, 0.4) is 0 Å².